The number of nitrogens with one attached hydrogen (secondary N) is 1. The molecule has 1 aliphatic rings. The zero-order valence-electron chi connectivity index (χ0n) is 10.8. The van der Waals surface area contributed by atoms with Crippen LogP contribution < -0.4 is 11.1 Å². The van der Waals surface area contributed by atoms with E-state index in [0.717, 1.165) is 11.5 Å². The van der Waals surface area contributed by atoms with E-state index in [2.05, 4.69) is 22.2 Å². The van der Waals surface area contributed by atoms with Crippen LogP contribution >= 0.6 is 0 Å². The fraction of sp³-hybridized carbons (Fsp3) is 0.750. The summed E-state index contributed by atoms with van der Waals surface area (Å²) in [6, 6.07) is 0.514. The maximum atomic E-state index is 5.88. The number of anilines is 2. The molecule has 0 spiro atoms. The number of piperidine rings is 1. The van der Waals surface area contributed by atoms with E-state index in [1.54, 1.807) is 4.68 Å². The molecular weight excluding hydrogens is 214 g/mol. The number of hydrogen-bond acceptors (Lipinski definition) is 4. The van der Waals surface area contributed by atoms with Crippen molar-refractivity contribution in [3.63, 3.8) is 0 Å². The van der Waals surface area contributed by atoms with E-state index in [0.29, 0.717) is 6.04 Å². The SMILES string of the molecule is CCCN1CCC(Nc2nn(C)cc2N)CC1. The number of nitrogen functional groups attached to an aromatic ring is 1. The lowest BCUT2D eigenvalue weighted by molar-refractivity contribution is 0.219. The predicted octanol–water partition coefficient (Wildman–Crippen LogP) is 1.29. The molecule has 0 bridgehead atoms. The summed E-state index contributed by atoms with van der Waals surface area (Å²) in [6.45, 7) is 5.81. The summed E-state index contributed by atoms with van der Waals surface area (Å²) in [4.78, 5) is 2.53. The fourth-order valence-corrected chi connectivity index (χ4v) is 2.43. The maximum absolute atomic E-state index is 5.88. The normalized spacial score (nSPS) is 18.5. The van der Waals surface area contributed by atoms with Crippen LogP contribution in [0.15, 0.2) is 6.20 Å². The van der Waals surface area contributed by atoms with Crippen LogP contribution in [0.25, 0.3) is 0 Å². The summed E-state index contributed by atoms with van der Waals surface area (Å²) in [5, 5.41) is 7.78. The van der Waals surface area contributed by atoms with Crippen LogP contribution in [0, 0.1) is 0 Å². The van der Waals surface area contributed by atoms with Gasteiger partial charge in [-0.2, -0.15) is 5.10 Å². The van der Waals surface area contributed by atoms with Gasteiger partial charge in [-0.25, -0.2) is 0 Å². The molecule has 5 heteroatoms. The van der Waals surface area contributed by atoms with Crippen molar-refractivity contribution in [3.8, 4) is 0 Å². The van der Waals surface area contributed by atoms with Crippen molar-refractivity contribution < 1.29 is 0 Å². The molecule has 2 heterocycles. The summed E-state index contributed by atoms with van der Waals surface area (Å²) in [5.74, 6) is 0.835. The van der Waals surface area contributed by atoms with Crippen molar-refractivity contribution in [2.45, 2.75) is 32.2 Å². The summed E-state index contributed by atoms with van der Waals surface area (Å²) >= 11 is 0. The molecule has 17 heavy (non-hydrogen) atoms. The molecule has 1 saturated heterocycles. The van der Waals surface area contributed by atoms with E-state index in [4.69, 9.17) is 5.73 Å². The first-order chi connectivity index (χ1) is 8.19. The van der Waals surface area contributed by atoms with Gasteiger partial charge in [0, 0.05) is 32.4 Å². The minimum absolute atomic E-state index is 0.514. The molecule has 1 aromatic heterocycles. The van der Waals surface area contributed by atoms with Gasteiger partial charge in [-0.05, 0) is 25.8 Å². The quantitative estimate of drug-likeness (QED) is 0.828. The number of rotatable bonds is 4. The fourth-order valence-electron chi connectivity index (χ4n) is 2.43. The highest BCUT2D eigenvalue weighted by Crippen LogP contribution is 2.20. The lowest BCUT2D eigenvalue weighted by Crippen LogP contribution is -2.39. The highest BCUT2D eigenvalue weighted by atomic mass is 15.3. The standard InChI is InChI=1S/C12H23N5/c1-3-6-17-7-4-10(5-8-17)14-12-11(13)9-16(2)15-12/h9-10H,3-8,13H2,1-2H3,(H,14,15). The first-order valence-electron chi connectivity index (χ1n) is 6.47. The van der Waals surface area contributed by atoms with Crippen LogP contribution in [0.3, 0.4) is 0 Å². The summed E-state index contributed by atoms with van der Waals surface area (Å²) in [6.07, 6.45) is 5.44. The van der Waals surface area contributed by atoms with Crippen LogP contribution in [0.1, 0.15) is 26.2 Å². The summed E-state index contributed by atoms with van der Waals surface area (Å²) in [5.41, 5.74) is 6.62. The number of aromatic nitrogens is 2. The van der Waals surface area contributed by atoms with Crippen LogP contribution in [-0.4, -0.2) is 40.4 Å². The van der Waals surface area contributed by atoms with Crippen molar-refractivity contribution >= 4 is 11.5 Å². The Bertz CT molecular complexity index is 352. The van der Waals surface area contributed by atoms with Crippen LogP contribution in [-0.2, 0) is 7.05 Å². The zero-order valence-corrected chi connectivity index (χ0v) is 10.8. The first-order valence-corrected chi connectivity index (χ1v) is 6.47. The van der Waals surface area contributed by atoms with Gasteiger partial charge in [0.1, 0.15) is 0 Å². The van der Waals surface area contributed by atoms with Gasteiger partial charge < -0.3 is 16.0 Å². The molecule has 0 aliphatic carbocycles. The summed E-state index contributed by atoms with van der Waals surface area (Å²) in [7, 11) is 1.89. The molecule has 0 unspecified atom stereocenters. The third kappa shape index (κ3) is 3.12. The van der Waals surface area contributed by atoms with Gasteiger partial charge in [0.2, 0.25) is 0 Å². The van der Waals surface area contributed by atoms with Gasteiger partial charge in [-0.15, -0.1) is 0 Å². The minimum Gasteiger partial charge on any atom is -0.394 e. The molecular formula is C12H23N5. The molecule has 96 valence electrons. The molecule has 0 saturated carbocycles. The number of nitrogens with zero attached hydrogens (tertiary/aromatic N) is 3. The van der Waals surface area contributed by atoms with Gasteiger partial charge in [-0.1, -0.05) is 6.92 Å². The molecule has 3 N–H and O–H groups in total. The van der Waals surface area contributed by atoms with Crippen molar-refractivity contribution in [2.24, 2.45) is 7.05 Å². The third-order valence-corrected chi connectivity index (χ3v) is 3.33. The van der Waals surface area contributed by atoms with Gasteiger partial charge in [0.05, 0.1) is 5.69 Å². The second kappa shape index (κ2) is 5.40. The van der Waals surface area contributed by atoms with Crippen LogP contribution in [0.5, 0.6) is 0 Å². The molecule has 0 radical (unpaired) electrons. The number of aryl methyl sites for hydroxylation is 1. The Morgan fingerprint density at radius 2 is 2.18 bits per heavy atom. The highest BCUT2D eigenvalue weighted by molar-refractivity contribution is 5.60. The van der Waals surface area contributed by atoms with Crippen LogP contribution in [0.4, 0.5) is 11.5 Å². The highest BCUT2D eigenvalue weighted by Gasteiger charge is 2.19. The van der Waals surface area contributed by atoms with Crippen LogP contribution in [0.2, 0.25) is 0 Å². The second-order valence-corrected chi connectivity index (χ2v) is 4.87. The van der Waals surface area contributed by atoms with Crippen molar-refractivity contribution in [2.75, 3.05) is 30.7 Å². The van der Waals surface area contributed by atoms with E-state index >= 15 is 0 Å². The van der Waals surface area contributed by atoms with E-state index in [9.17, 15) is 0 Å². The van der Waals surface area contributed by atoms with Gasteiger partial charge >= 0.3 is 0 Å². The average molecular weight is 237 g/mol. The monoisotopic (exact) mass is 237 g/mol. The van der Waals surface area contributed by atoms with Crippen molar-refractivity contribution in [1.29, 1.82) is 0 Å². The molecule has 1 fully saturated rings. The molecule has 1 aromatic rings. The Morgan fingerprint density at radius 3 is 2.71 bits per heavy atom. The number of hydrogen-bond donors (Lipinski definition) is 2. The predicted molar refractivity (Wildman–Crippen MR) is 71.0 cm³/mol. The molecule has 1 aliphatic heterocycles. The van der Waals surface area contributed by atoms with Gasteiger partial charge in [0.15, 0.2) is 5.82 Å². The topological polar surface area (TPSA) is 59.1 Å². The molecule has 2 rings (SSSR count). The molecule has 0 amide bonds. The molecule has 0 atom stereocenters. The van der Waals surface area contributed by atoms with E-state index < -0.39 is 0 Å². The molecule has 5 nitrogen and oxygen atoms in total. The van der Waals surface area contributed by atoms with Gasteiger partial charge in [-0.3, -0.25) is 4.68 Å². The number of nitrogens with two attached hydrogens (primary N) is 1. The minimum atomic E-state index is 0.514. The molecule has 0 aromatic carbocycles. The smallest absolute Gasteiger partial charge is 0.171 e. The lowest BCUT2D eigenvalue weighted by atomic mass is 10.0. The summed E-state index contributed by atoms with van der Waals surface area (Å²) < 4.78 is 1.75. The Kier molecular flexibility index (Phi) is 3.89. The van der Waals surface area contributed by atoms with E-state index in [-0.39, 0.29) is 0 Å². The van der Waals surface area contributed by atoms with Crippen molar-refractivity contribution in [1.82, 2.24) is 14.7 Å². The second-order valence-electron chi connectivity index (χ2n) is 4.87. The van der Waals surface area contributed by atoms with Gasteiger partial charge in [0.25, 0.3) is 0 Å². The Labute approximate surface area is 103 Å². The Morgan fingerprint density at radius 1 is 1.47 bits per heavy atom. The third-order valence-electron chi connectivity index (χ3n) is 3.33. The zero-order chi connectivity index (χ0) is 12.3. The average Bonchev–Trinajstić information content (AvgIpc) is 2.61. The first kappa shape index (κ1) is 12.2. The lowest BCUT2D eigenvalue weighted by Gasteiger charge is -2.32. The Balaban J connectivity index is 1.84. The Hall–Kier alpha value is -1.23. The van der Waals surface area contributed by atoms with E-state index in [1.807, 2.05) is 13.2 Å². The maximum Gasteiger partial charge on any atom is 0.171 e. The van der Waals surface area contributed by atoms with Crippen molar-refractivity contribution in [3.05, 3.63) is 6.20 Å². The van der Waals surface area contributed by atoms with E-state index in [1.165, 1.54) is 38.9 Å². The number of likely N-dealkylation sites (tertiary alicyclic amines) is 1. The largest absolute Gasteiger partial charge is 0.394 e.